The summed E-state index contributed by atoms with van der Waals surface area (Å²) in [7, 11) is 1.60. The highest BCUT2D eigenvalue weighted by atomic mass is 16.5. The Morgan fingerprint density at radius 2 is 2.46 bits per heavy atom. The molecule has 3 nitrogen and oxygen atoms in total. The molecular formula is C10H12N2O. The zero-order chi connectivity index (χ0) is 9.52. The van der Waals surface area contributed by atoms with Crippen molar-refractivity contribution in [3.05, 3.63) is 24.0 Å². The van der Waals surface area contributed by atoms with E-state index >= 15 is 0 Å². The van der Waals surface area contributed by atoms with Crippen molar-refractivity contribution in [2.75, 3.05) is 13.7 Å². The van der Waals surface area contributed by atoms with Crippen LogP contribution in [0.2, 0.25) is 0 Å². The van der Waals surface area contributed by atoms with Gasteiger partial charge in [0.2, 0.25) is 0 Å². The van der Waals surface area contributed by atoms with Crippen molar-refractivity contribution in [2.45, 2.75) is 6.42 Å². The predicted molar refractivity (Wildman–Crippen MR) is 51.3 cm³/mol. The maximum atomic E-state index is 5.31. The first-order valence-electron chi connectivity index (χ1n) is 4.06. The molecule has 0 radical (unpaired) electrons. The largest absolute Gasteiger partial charge is 0.494 e. The van der Waals surface area contributed by atoms with Crippen molar-refractivity contribution in [1.29, 1.82) is 0 Å². The molecule has 1 heterocycles. The lowest BCUT2D eigenvalue weighted by Gasteiger charge is -1.99. The number of nitrogens with two attached hydrogens (primary N) is 1. The van der Waals surface area contributed by atoms with Gasteiger partial charge in [-0.25, -0.2) is 4.98 Å². The maximum Gasteiger partial charge on any atom is 0.155 e. The third-order valence-corrected chi connectivity index (χ3v) is 1.47. The molecule has 0 spiro atoms. The van der Waals surface area contributed by atoms with Crippen molar-refractivity contribution in [2.24, 2.45) is 5.73 Å². The molecule has 0 aliphatic heterocycles. The van der Waals surface area contributed by atoms with E-state index in [9.17, 15) is 0 Å². The Balaban J connectivity index is 2.82. The lowest BCUT2D eigenvalue weighted by molar-refractivity contribution is 0.411. The normalized spacial score (nSPS) is 8.77. The van der Waals surface area contributed by atoms with E-state index in [2.05, 4.69) is 16.8 Å². The third-order valence-electron chi connectivity index (χ3n) is 1.47. The van der Waals surface area contributed by atoms with Gasteiger partial charge in [0.15, 0.2) is 11.4 Å². The number of hydrogen-bond donors (Lipinski definition) is 1. The Hall–Kier alpha value is -1.53. The number of hydrogen-bond acceptors (Lipinski definition) is 3. The van der Waals surface area contributed by atoms with Crippen molar-refractivity contribution in [3.63, 3.8) is 0 Å². The standard InChI is InChI=1S/C10H12N2O/c1-13-10-6-4-8-12-9(10)5-2-3-7-11/h4,6,8H,3,7,11H2,1H3. The summed E-state index contributed by atoms with van der Waals surface area (Å²) in [4.78, 5) is 4.08. The topological polar surface area (TPSA) is 48.1 Å². The molecule has 68 valence electrons. The monoisotopic (exact) mass is 176 g/mol. The molecule has 0 aliphatic carbocycles. The van der Waals surface area contributed by atoms with Gasteiger partial charge in [-0.1, -0.05) is 5.92 Å². The van der Waals surface area contributed by atoms with E-state index in [1.54, 1.807) is 13.3 Å². The second kappa shape index (κ2) is 5.18. The SMILES string of the molecule is COc1cccnc1C#CCCN. The van der Waals surface area contributed by atoms with E-state index in [4.69, 9.17) is 10.5 Å². The molecule has 0 aliphatic rings. The van der Waals surface area contributed by atoms with Crippen LogP contribution in [0.4, 0.5) is 0 Å². The van der Waals surface area contributed by atoms with E-state index < -0.39 is 0 Å². The number of rotatable bonds is 2. The Morgan fingerprint density at radius 3 is 3.15 bits per heavy atom. The van der Waals surface area contributed by atoms with Crippen LogP contribution in [0.15, 0.2) is 18.3 Å². The summed E-state index contributed by atoms with van der Waals surface area (Å²) in [6, 6.07) is 3.65. The van der Waals surface area contributed by atoms with Gasteiger partial charge in [-0.05, 0) is 18.1 Å². The van der Waals surface area contributed by atoms with E-state index in [0.29, 0.717) is 24.4 Å². The van der Waals surface area contributed by atoms with Gasteiger partial charge in [0, 0.05) is 19.2 Å². The first-order chi connectivity index (χ1) is 6.38. The maximum absolute atomic E-state index is 5.31. The fourth-order valence-corrected chi connectivity index (χ4v) is 0.868. The first-order valence-corrected chi connectivity index (χ1v) is 4.06. The molecular weight excluding hydrogens is 164 g/mol. The van der Waals surface area contributed by atoms with Crippen molar-refractivity contribution in [1.82, 2.24) is 4.98 Å². The summed E-state index contributed by atoms with van der Waals surface area (Å²) in [6.07, 6.45) is 2.37. The molecule has 0 fully saturated rings. The van der Waals surface area contributed by atoms with E-state index in [0.717, 1.165) is 0 Å². The Bertz CT molecular complexity index is 325. The highest BCUT2D eigenvalue weighted by Gasteiger charge is 1.97. The minimum absolute atomic E-state index is 0.572. The molecule has 0 saturated heterocycles. The summed E-state index contributed by atoms with van der Waals surface area (Å²) in [5.41, 5.74) is 5.97. The number of aromatic nitrogens is 1. The van der Waals surface area contributed by atoms with E-state index in [1.807, 2.05) is 12.1 Å². The molecule has 1 aromatic rings. The first kappa shape index (κ1) is 9.56. The van der Waals surface area contributed by atoms with Gasteiger partial charge in [-0.3, -0.25) is 0 Å². The van der Waals surface area contributed by atoms with E-state index in [-0.39, 0.29) is 0 Å². The van der Waals surface area contributed by atoms with Gasteiger partial charge in [-0.2, -0.15) is 0 Å². The summed E-state index contributed by atoms with van der Waals surface area (Å²) in [6.45, 7) is 0.572. The van der Waals surface area contributed by atoms with Crippen LogP contribution in [-0.4, -0.2) is 18.6 Å². The molecule has 1 rings (SSSR count). The minimum Gasteiger partial charge on any atom is -0.494 e. The lowest BCUT2D eigenvalue weighted by Crippen LogP contribution is -1.96. The number of nitrogens with zero attached hydrogens (tertiary/aromatic N) is 1. The van der Waals surface area contributed by atoms with E-state index in [1.165, 1.54) is 0 Å². The van der Waals surface area contributed by atoms with Crippen LogP contribution >= 0.6 is 0 Å². The second-order valence-corrected chi connectivity index (χ2v) is 2.39. The second-order valence-electron chi connectivity index (χ2n) is 2.39. The van der Waals surface area contributed by atoms with Crippen molar-refractivity contribution >= 4 is 0 Å². The molecule has 2 N–H and O–H groups in total. The fraction of sp³-hybridized carbons (Fsp3) is 0.300. The smallest absolute Gasteiger partial charge is 0.155 e. The number of ether oxygens (including phenoxy) is 1. The van der Waals surface area contributed by atoms with Crippen molar-refractivity contribution in [3.8, 4) is 17.6 Å². The Morgan fingerprint density at radius 1 is 1.62 bits per heavy atom. The average Bonchev–Trinajstić information content (AvgIpc) is 2.19. The summed E-state index contributed by atoms with van der Waals surface area (Å²) in [5.74, 6) is 6.51. The Kier molecular flexibility index (Phi) is 3.80. The van der Waals surface area contributed by atoms with Crippen LogP contribution in [-0.2, 0) is 0 Å². The highest BCUT2D eigenvalue weighted by molar-refractivity contribution is 5.40. The molecule has 13 heavy (non-hydrogen) atoms. The summed E-state index contributed by atoms with van der Waals surface area (Å²) < 4.78 is 5.08. The van der Waals surface area contributed by atoms with Crippen molar-refractivity contribution < 1.29 is 4.74 Å². The molecule has 0 amide bonds. The molecule has 0 unspecified atom stereocenters. The van der Waals surface area contributed by atoms with Gasteiger partial charge in [0.25, 0.3) is 0 Å². The number of methoxy groups -OCH3 is 1. The van der Waals surface area contributed by atoms with Crippen LogP contribution in [0, 0.1) is 11.8 Å². The van der Waals surface area contributed by atoms with Crippen LogP contribution < -0.4 is 10.5 Å². The van der Waals surface area contributed by atoms with Crippen LogP contribution in [0.3, 0.4) is 0 Å². The zero-order valence-electron chi connectivity index (χ0n) is 7.58. The molecule has 0 aromatic carbocycles. The summed E-state index contributed by atoms with van der Waals surface area (Å²) >= 11 is 0. The van der Waals surface area contributed by atoms with Crippen LogP contribution in [0.1, 0.15) is 12.1 Å². The lowest BCUT2D eigenvalue weighted by atomic mass is 10.3. The van der Waals surface area contributed by atoms with Crippen LogP contribution in [0.5, 0.6) is 5.75 Å². The fourth-order valence-electron chi connectivity index (χ4n) is 0.868. The molecule has 1 aromatic heterocycles. The Labute approximate surface area is 77.9 Å². The molecule has 0 saturated carbocycles. The average molecular weight is 176 g/mol. The predicted octanol–water partition coefficient (Wildman–Crippen LogP) is 0.790. The van der Waals surface area contributed by atoms with Gasteiger partial charge in [-0.15, -0.1) is 0 Å². The summed E-state index contributed by atoms with van der Waals surface area (Å²) in [5, 5.41) is 0. The highest BCUT2D eigenvalue weighted by Crippen LogP contribution is 2.12. The zero-order valence-corrected chi connectivity index (χ0v) is 7.58. The third kappa shape index (κ3) is 2.77. The van der Waals surface area contributed by atoms with Gasteiger partial charge >= 0.3 is 0 Å². The van der Waals surface area contributed by atoms with Gasteiger partial charge < -0.3 is 10.5 Å². The molecule has 0 atom stereocenters. The molecule has 3 heteroatoms. The number of pyridine rings is 1. The quantitative estimate of drug-likeness (QED) is 0.678. The van der Waals surface area contributed by atoms with Crippen LogP contribution in [0.25, 0.3) is 0 Å². The minimum atomic E-state index is 0.572. The molecule has 0 bridgehead atoms. The van der Waals surface area contributed by atoms with Gasteiger partial charge in [0.05, 0.1) is 7.11 Å². The van der Waals surface area contributed by atoms with Gasteiger partial charge in [0.1, 0.15) is 0 Å².